The molecule has 0 aliphatic rings. The third-order valence-electron chi connectivity index (χ3n) is 1.74. The zero-order valence-electron chi connectivity index (χ0n) is 8.29. The van der Waals surface area contributed by atoms with Gasteiger partial charge in [-0.25, -0.2) is 0 Å². The highest BCUT2D eigenvalue weighted by Gasteiger charge is 1.90. The van der Waals surface area contributed by atoms with Gasteiger partial charge in [-0.1, -0.05) is 31.2 Å². The van der Waals surface area contributed by atoms with E-state index in [-0.39, 0.29) is 0 Å². The van der Waals surface area contributed by atoms with Crippen molar-refractivity contribution < 1.29 is 4.74 Å². The highest BCUT2D eigenvalue weighted by atomic mass is 16.5. The molecule has 1 nitrogen and oxygen atoms in total. The van der Waals surface area contributed by atoms with Gasteiger partial charge in [0.25, 0.3) is 0 Å². The molecule has 13 heavy (non-hydrogen) atoms. The lowest BCUT2D eigenvalue weighted by Gasteiger charge is -2.01. The molecule has 0 radical (unpaired) electrons. The summed E-state index contributed by atoms with van der Waals surface area (Å²) in [7, 11) is 0. The van der Waals surface area contributed by atoms with Crippen molar-refractivity contribution in [2.24, 2.45) is 0 Å². The Morgan fingerprint density at radius 2 is 1.85 bits per heavy atom. The molecule has 0 atom stereocenters. The fourth-order valence-corrected chi connectivity index (χ4v) is 1.10. The Hall–Kier alpha value is -1.24. The third kappa shape index (κ3) is 3.32. The Kier molecular flexibility index (Phi) is 4.10. The van der Waals surface area contributed by atoms with Crippen molar-refractivity contribution in [2.75, 3.05) is 6.61 Å². The molecule has 1 aromatic carbocycles. The van der Waals surface area contributed by atoms with Crippen LogP contribution in [0.2, 0.25) is 0 Å². The molecule has 0 N–H and O–H groups in total. The number of allylic oxidation sites excluding steroid dienone is 1. The van der Waals surface area contributed by atoms with Crippen LogP contribution < -0.4 is 4.74 Å². The first-order chi connectivity index (χ1) is 6.36. The Labute approximate surface area is 80.0 Å². The summed E-state index contributed by atoms with van der Waals surface area (Å²) in [6.07, 6.45) is 5.35. The van der Waals surface area contributed by atoms with Crippen LogP contribution in [-0.4, -0.2) is 6.61 Å². The molecular weight excluding hydrogens is 160 g/mol. The van der Waals surface area contributed by atoms with Crippen LogP contribution in [0.3, 0.4) is 0 Å². The van der Waals surface area contributed by atoms with Gasteiger partial charge >= 0.3 is 0 Å². The molecule has 1 heteroatoms. The summed E-state index contributed by atoms with van der Waals surface area (Å²) in [5, 5.41) is 0. The Balaban J connectivity index is 2.64. The normalized spacial score (nSPS) is 10.6. The topological polar surface area (TPSA) is 9.23 Å². The van der Waals surface area contributed by atoms with E-state index in [0.29, 0.717) is 0 Å². The summed E-state index contributed by atoms with van der Waals surface area (Å²) in [6, 6.07) is 8.13. The highest BCUT2D eigenvalue weighted by Crippen LogP contribution is 2.12. The minimum atomic E-state index is 0.726. The van der Waals surface area contributed by atoms with E-state index in [1.165, 1.54) is 5.56 Å². The van der Waals surface area contributed by atoms with Crippen LogP contribution in [0.25, 0.3) is 6.08 Å². The van der Waals surface area contributed by atoms with Crippen LogP contribution in [-0.2, 0) is 0 Å². The molecule has 0 fully saturated rings. The fraction of sp³-hybridized carbons (Fsp3) is 0.333. The lowest BCUT2D eigenvalue weighted by molar-refractivity contribution is 0.340. The number of hydrogen-bond donors (Lipinski definition) is 0. The van der Waals surface area contributed by atoms with Crippen LogP contribution in [0, 0.1) is 0 Å². The van der Waals surface area contributed by atoms with Gasteiger partial charge in [0, 0.05) is 0 Å². The van der Waals surface area contributed by atoms with Gasteiger partial charge in [0.1, 0.15) is 5.75 Å². The van der Waals surface area contributed by atoms with Gasteiger partial charge in [0.05, 0.1) is 6.61 Å². The van der Waals surface area contributed by atoms with E-state index in [0.717, 1.165) is 18.8 Å². The van der Waals surface area contributed by atoms with Crippen molar-refractivity contribution in [1.29, 1.82) is 0 Å². The van der Waals surface area contributed by atoms with Crippen LogP contribution in [0.4, 0.5) is 0 Å². The molecule has 0 spiro atoms. The molecule has 1 aromatic rings. The zero-order chi connectivity index (χ0) is 9.52. The van der Waals surface area contributed by atoms with Gasteiger partial charge in [-0.05, 0) is 31.0 Å². The molecule has 0 heterocycles. The first-order valence-electron chi connectivity index (χ1n) is 4.76. The van der Waals surface area contributed by atoms with Crippen LogP contribution in [0.5, 0.6) is 5.75 Å². The second-order valence-electron chi connectivity index (χ2n) is 2.81. The quantitative estimate of drug-likeness (QED) is 0.682. The summed E-state index contributed by atoms with van der Waals surface area (Å²) in [5.41, 5.74) is 1.23. The molecule has 0 aliphatic heterocycles. The minimum Gasteiger partial charge on any atom is -0.494 e. The summed E-state index contributed by atoms with van der Waals surface area (Å²) >= 11 is 0. The van der Waals surface area contributed by atoms with E-state index >= 15 is 0 Å². The molecular formula is C12H16O. The molecule has 0 saturated heterocycles. The van der Waals surface area contributed by atoms with Crippen molar-refractivity contribution in [1.82, 2.24) is 0 Å². The molecule has 0 amide bonds. The summed E-state index contributed by atoms with van der Waals surface area (Å²) in [6.45, 7) is 4.85. The highest BCUT2D eigenvalue weighted by molar-refractivity contribution is 5.50. The molecule has 0 unspecified atom stereocenters. The van der Waals surface area contributed by atoms with Crippen molar-refractivity contribution in [3.05, 3.63) is 35.9 Å². The first-order valence-corrected chi connectivity index (χ1v) is 4.76. The smallest absolute Gasteiger partial charge is 0.119 e. The van der Waals surface area contributed by atoms with Crippen LogP contribution in [0.15, 0.2) is 30.3 Å². The first kappa shape index (κ1) is 9.85. The van der Waals surface area contributed by atoms with E-state index < -0.39 is 0 Å². The second kappa shape index (κ2) is 5.41. The van der Waals surface area contributed by atoms with Gasteiger partial charge in [0.2, 0.25) is 0 Å². The monoisotopic (exact) mass is 176 g/mol. The van der Waals surface area contributed by atoms with Gasteiger partial charge in [-0.15, -0.1) is 0 Å². The van der Waals surface area contributed by atoms with E-state index in [4.69, 9.17) is 4.74 Å². The van der Waals surface area contributed by atoms with Gasteiger partial charge in [-0.3, -0.25) is 0 Å². The molecule has 70 valence electrons. The molecule has 0 bridgehead atoms. The lowest BCUT2D eigenvalue weighted by atomic mass is 10.2. The second-order valence-corrected chi connectivity index (χ2v) is 2.81. The maximum atomic E-state index is 5.34. The van der Waals surface area contributed by atoms with Crippen molar-refractivity contribution in [2.45, 2.75) is 20.3 Å². The van der Waals surface area contributed by atoms with E-state index in [1.54, 1.807) is 0 Å². The molecule has 0 aromatic heterocycles. The third-order valence-corrected chi connectivity index (χ3v) is 1.74. The number of hydrogen-bond acceptors (Lipinski definition) is 1. The standard InChI is InChI=1S/C12H16O/c1-3-5-6-11-7-9-12(10-8-11)13-4-2/h5-10H,3-4H2,1-2H3/b6-5-. The van der Waals surface area contributed by atoms with Crippen molar-refractivity contribution >= 4 is 6.08 Å². The van der Waals surface area contributed by atoms with Gasteiger partial charge in [0.15, 0.2) is 0 Å². The average molecular weight is 176 g/mol. The maximum Gasteiger partial charge on any atom is 0.119 e. The van der Waals surface area contributed by atoms with Crippen molar-refractivity contribution in [3.63, 3.8) is 0 Å². The van der Waals surface area contributed by atoms with Crippen LogP contribution in [0.1, 0.15) is 25.8 Å². The van der Waals surface area contributed by atoms with Crippen molar-refractivity contribution in [3.8, 4) is 5.75 Å². The number of rotatable bonds is 4. The number of ether oxygens (including phenoxy) is 1. The molecule has 0 saturated carbocycles. The minimum absolute atomic E-state index is 0.726. The summed E-state index contributed by atoms with van der Waals surface area (Å²) < 4.78 is 5.34. The van der Waals surface area contributed by atoms with E-state index in [9.17, 15) is 0 Å². The Bertz CT molecular complexity index is 259. The maximum absolute atomic E-state index is 5.34. The van der Waals surface area contributed by atoms with E-state index in [2.05, 4.69) is 31.2 Å². The summed E-state index contributed by atoms with van der Waals surface area (Å²) in [5.74, 6) is 0.941. The molecule has 0 aliphatic carbocycles. The zero-order valence-corrected chi connectivity index (χ0v) is 8.29. The SMILES string of the molecule is CC/C=C\c1ccc(OCC)cc1. The number of benzene rings is 1. The lowest BCUT2D eigenvalue weighted by Crippen LogP contribution is -1.90. The Morgan fingerprint density at radius 3 is 2.38 bits per heavy atom. The van der Waals surface area contributed by atoms with E-state index in [1.807, 2.05) is 19.1 Å². The van der Waals surface area contributed by atoms with Gasteiger partial charge < -0.3 is 4.74 Å². The largest absolute Gasteiger partial charge is 0.494 e. The fourth-order valence-electron chi connectivity index (χ4n) is 1.10. The average Bonchev–Trinajstić information content (AvgIpc) is 2.17. The predicted octanol–water partition coefficient (Wildman–Crippen LogP) is 3.51. The molecule has 1 rings (SSSR count). The van der Waals surface area contributed by atoms with Crippen LogP contribution >= 0.6 is 0 Å². The van der Waals surface area contributed by atoms with Gasteiger partial charge in [-0.2, -0.15) is 0 Å². The Morgan fingerprint density at radius 1 is 1.15 bits per heavy atom. The predicted molar refractivity (Wildman–Crippen MR) is 56.9 cm³/mol. The summed E-state index contributed by atoms with van der Waals surface area (Å²) in [4.78, 5) is 0.